The van der Waals surface area contributed by atoms with Gasteiger partial charge in [0.1, 0.15) is 5.76 Å². The summed E-state index contributed by atoms with van der Waals surface area (Å²) in [5, 5.41) is 5.76. The lowest BCUT2D eigenvalue weighted by atomic mass is 10.2. The number of hydrogen-bond acceptors (Lipinski definition) is 4. The van der Waals surface area contributed by atoms with Crippen molar-refractivity contribution >= 4 is 23.5 Å². The third-order valence-corrected chi connectivity index (χ3v) is 3.77. The van der Waals surface area contributed by atoms with Crippen molar-refractivity contribution < 1.29 is 9.21 Å². The Morgan fingerprint density at radius 2 is 2.27 bits per heavy atom. The zero-order chi connectivity index (χ0) is 15.9. The molecule has 0 saturated carbocycles. The van der Waals surface area contributed by atoms with Gasteiger partial charge in [-0.05, 0) is 50.5 Å². The molecule has 5 nitrogen and oxygen atoms in total. The van der Waals surface area contributed by atoms with Crippen molar-refractivity contribution in [1.82, 2.24) is 10.3 Å². The van der Waals surface area contributed by atoms with Crippen molar-refractivity contribution in [2.45, 2.75) is 26.3 Å². The fraction of sp³-hybridized carbons (Fsp3) is 0.375. The average molecular weight is 319 g/mol. The van der Waals surface area contributed by atoms with E-state index < -0.39 is 0 Å². The van der Waals surface area contributed by atoms with Gasteiger partial charge in [-0.3, -0.25) is 0 Å². The minimum atomic E-state index is -0.200. The minimum Gasteiger partial charge on any atom is -0.441 e. The van der Waals surface area contributed by atoms with Crippen LogP contribution < -0.4 is 10.6 Å². The van der Waals surface area contributed by atoms with Crippen LogP contribution in [-0.2, 0) is 0 Å². The fourth-order valence-corrected chi connectivity index (χ4v) is 2.57. The summed E-state index contributed by atoms with van der Waals surface area (Å²) in [6.07, 6.45) is 4.68. The molecule has 0 aliphatic rings. The van der Waals surface area contributed by atoms with Gasteiger partial charge in [0, 0.05) is 17.3 Å². The van der Waals surface area contributed by atoms with Gasteiger partial charge >= 0.3 is 6.03 Å². The summed E-state index contributed by atoms with van der Waals surface area (Å²) in [7, 11) is 0. The predicted octanol–water partition coefficient (Wildman–Crippen LogP) is 3.91. The highest BCUT2D eigenvalue weighted by atomic mass is 32.2. The molecule has 1 atom stereocenters. The van der Waals surface area contributed by atoms with Gasteiger partial charge in [0.15, 0.2) is 0 Å². The molecule has 1 aromatic heterocycles. The number of hydrogen-bond donors (Lipinski definition) is 2. The number of aromatic nitrogens is 1. The van der Waals surface area contributed by atoms with Crippen molar-refractivity contribution in [3.8, 4) is 11.5 Å². The van der Waals surface area contributed by atoms with Gasteiger partial charge in [0.25, 0.3) is 0 Å². The van der Waals surface area contributed by atoms with Crippen LogP contribution in [0, 0.1) is 6.92 Å². The van der Waals surface area contributed by atoms with Crippen LogP contribution in [-0.4, -0.2) is 29.1 Å². The SMILES string of the molecule is CSCC[C@@H](C)NC(=O)Nc1cccc(-c2ncc(C)o2)c1. The Morgan fingerprint density at radius 3 is 2.95 bits per heavy atom. The molecule has 1 heterocycles. The summed E-state index contributed by atoms with van der Waals surface area (Å²) in [5.41, 5.74) is 1.55. The number of carbonyl (C=O) groups is 1. The van der Waals surface area contributed by atoms with E-state index >= 15 is 0 Å². The van der Waals surface area contributed by atoms with E-state index in [1.54, 1.807) is 18.0 Å². The summed E-state index contributed by atoms with van der Waals surface area (Å²) in [5.74, 6) is 2.34. The van der Waals surface area contributed by atoms with Crippen LogP contribution in [0.3, 0.4) is 0 Å². The van der Waals surface area contributed by atoms with E-state index in [1.807, 2.05) is 38.1 Å². The molecule has 118 valence electrons. The van der Waals surface area contributed by atoms with Gasteiger partial charge in [-0.1, -0.05) is 6.07 Å². The van der Waals surface area contributed by atoms with Crippen LogP contribution in [0.15, 0.2) is 34.9 Å². The predicted molar refractivity (Wildman–Crippen MR) is 91.3 cm³/mol. The molecular formula is C16H21N3O2S. The maximum Gasteiger partial charge on any atom is 0.319 e. The minimum absolute atomic E-state index is 0.144. The second-order valence-electron chi connectivity index (χ2n) is 5.14. The van der Waals surface area contributed by atoms with Gasteiger partial charge in [0.2, 0.25) is 5.89 Å². The number of benzene rings is 1. The van der Waals surface area contributed by atoms with Gasteiger partial charge in [-0.25, -0.2) is 9.78 Å². The van der Waals surface area contributed by atoms with E-state index in [0.29, 0.717) is 11.6 Å². The molecular weight excluding hydrogens is 298 g/mol. The first kappa shape index (κ1) is 16.4. The van der Waals surface area contributed by atoms with Crippen LogP contribution in [0.1, 0.15) is 19.1 Å². The monoisotopic (exact) mass is 319 g/mol. The van der Waals surface area contributed by atoms with E-state index in [1.165, 1.54) is 0 Å². The lowest BCUT2D eigenvalue weighted by Crippen LogP contribution is -2.36. The van der Waals surface area contributed by atoms with Gasteiger partial charge < -0.3 is 15.1 Å². The molecule has 6 heteroatoms. The summed E-state index contributed by atoms with van der Waals surface area (Å²) in [6.45, 7) is 3.85. The van der Waals surface area contributed by atoms with Crippen LogP contribution in [0.2, 0.25) is 0 Å². The standard InChI is InChI=1S/C16H21N3O2S/c1-11(7-8-22-3)18-16(20)19-14-6-4-5-13(9-14)15-17-10-12(2)21-15/h4-6,9-11H,7-8H2,1-3H3,(H2,18,19,20)/t11-/m1/s1. The summed E-state index contributed by atoms with van der Waals surface area (Å²) in [6, 6.07) is 7.39. The molecule has 2 rings (SSSR count). The van der Waals surface area contributed by atoms with Crippen molar-refractivity contribution in [2.24, 2.45) is 0 Å². The van der Waals surface area contributed by atoms with Crippen LogP contribution >= 0.6 is 11.8 Å². The molecule has 0 saturated heterocycles. The first-order chi connectivity index (χ1) is 10.6. The Hall–Kier alpha value is -1.95. The van der Waals surface area contributed by atoms with Gasteiger partial charge in [-0.15, -0.1) is 0 Å². The number of rotatable bonds is 6. The maximum absolute atomic E-state index is 12.0. The zero-order valence-electron chi connectivity index (χ0n) is 13.1. The quantitative estimate of drug-likeness (QED) is 0.847. The number of nitrogens with zero attached hydrogens (tertiary/aromatic N) is 1. The molecule has 0 unspecified atom stereocenters. The van der Waals surface area contributed by atoms with Crippen molar-refractivity contribution in [3.63, 3.8) is 0 Å². The zero-order valence-corrected chi connectivity index (χ0v) is 13.9. The Balaban J connectivity index is 1.97. The molecule has 2 amide bonds. The second-order valence-corrected chi connectivity index (χ2v) is 6.12. The number of amides is 2. The Morgan fingerprint density at radius 1 is 1.45 bits per heavy atom. The first-order valence-corrected chi connectivity index (χ1v) is 8.57. The molecule has 0 spiro atoms. The summed E-state index contributed by atoms with van der Waals surface area (Å²) >= 11 is 1.77. The van der Waals surface area contributed by atoms with E-state index in [2.05, 4.69) is 21.9 Å². The van der Waals surface area contributed by atoms with Crippen LogP contribution in [0.5, 0.6) is 0 Å². The second kappa shape index (κ2) is 7.89. The molecule has 0 aliphatic heterocycles. The molecule has 22 heavy (non-hydrogen) atoms. The largest absolute Gasteiger partial charge is 0.441 e. The number of aryl methyl sites for hydroxylation is 1. The van der Waals surface area contributed by atoms with Gasteiger partial charge in [-0.2, -0.15) is 11.8 Å². The molecule has 2 N–H and O–H groups in total. The average Bonchev–Trinajstić information content (AvgIpc) is 2.92. The van der Waals surface area contributed by atoms with Gasteiger partial charge in [0.05, 0.1) is 6.20 Å². The topological polar surface area (TPSA) is 67.2 Å². The highest BCUT2D eigenvalue weighted by molar-refractivity contribution is 7.98. The number of urea groups is 1. The lowest BCUT2D eigenvalue weighted by Gasteiger charge is -2.14. The third-order valence-electron chi connectivity index (χ3n) is 3.12. The van der Waals surface area contributed by atoms with Crippen molar-refractivity contribution in [2.75, 3.05) is 17.3 Å². The Labute approximate surface area is 134 Å². The van der Waals surface area contributed by atoms with Crippen molar-refractivity contribution in [1.29, 1.82) is 0 Å². The van der Waals surface area contributed by atoms with Crippen molar-refractivity contribution in [3.05, 3.63) is 36.2 Å². The maximum atomic E-state index is 12.0. The molecule has 2 aromatic rings. The van der Waals surface area contributed by atoms with E-state index in [9.17, 15) is 4.79 Å². The van der Waals surface area contributed by atoms with E-state index in [-0.39, 0.29) is 12.1 Å². The number of thioether (sulfide) groups is 1. The molecule has 1 aromatic carbocycles. The molecule has 0 aliphatic carbocycles. The van der Waals surface area contributed by atoms with E-state index in [0.717, 1.165) is 23.5 Å². The highest BCUT2D eigenvalue weighted by Crippen LogP contribution is 2.22. The van der Waals surface area contributed by atoms with Crippen LogP contribution in [0.4, 0.5) is 10.5 Å². The number of nitrogens with one attached hydrogen (secondary N) is 2. The summed E-state index contributed by atoms with van der Waals surface area (Å²) < 4.78 is 5.50. The van der Waals surface area contributed by atoms with E-state index in [4.69, 9.17) is 4.42 Å². The summed E-state index contributed by atoms with van der Waals surface area (Å²) in [4.78, 5) is 16.2. The lowest BCUT2D eigenvalue weighted by molar-refractivity contribution is 0.249. The smallest absolute Gasteiger partial charge is 0.319 e. The number of carbonyl (C=O) groups excluding carboxylic acids is 1. The first-order valence-electron chi connectivity index (χ1n) is 7.18. The van der Waals surface area contributed by atoms with Crippen LogP contribution in [0.25, 0.3) is 11.5 Å². The fourth-order valence-electron chi connectivity index (χ4n) is 1.98. The Kier molecular flexibility index (Phi) is 5.89. The normalized spacial score (nSPS) is 12.0. The number of anilines is 1. The highest BCUT2D eigenvalue weighted by Gasteiger charge is 2.09. The molecule has 0 bridgehead atoms. The Bertz CT molecular complexity index is 627. The molecule has 0 fully saturated rings. The molecule has 0 radical (unpaired) electrons. The number of oxazole rings is 1. The third kappa shape index (κ3) is 4.80.